The molecular formula is C24H33ClN2O5. The molecule has 0 aromatic heterocycles. The van der Waals surface area contributed by atoms with E-state index in [-0.39, 0.29) is 5.41 Å². The number of benzene rings is 1. The number of carbonyl (C=O) groups excluding carboxylic acids is 2. The van der Waals surface area contributed by atoms with Crippen molar-refractivity contribution >= 4 is 29.4 Å². The van der Waals surface area contributed by atoms with E-state index >= 15 is 0 Å². The highest BCUT2D eigenvalue weighted by Gasteiger charge is 2.53. The summed E-state index contributed by atoms with van der Waals surface area (Å²) in [6.45, 7) is 5.54. The normalized spacial score (nSPS) is 24.2. The van der Waals surface area contributed by atoms with Crippen LogP contribution in [0.5, 0.6) is 0 Å². The van der Waals surface area contributed by atoms with Crippen LogP contribution < -0.4 is 11.1 Å². The number of halogens is 1. The third-order valence-corrected chi connectivity index (χ3v) is 6.98. The van der Waals surface area contributed by atoms with Crippen LogP contribution in [-0.2, 0) is 24.5 Å². The Kier molecular flexibility index (Phi) is 6.91. The van der Waals surface area contributed by atoms with E-state index in [4.69, 9.17) is 22.1 Å². The first kappa shape index (κ1) is 24.5. The lowest BCUT2D eigenvalue weighted by molar-refractivity contribution is -0.168. The molecule has 1 atom stereocenters. The molecule has 7 nitrogen and oxygen atoms in total. The summed E-state index contributed by atoms with van der Waals surface area (Å²) in [6.07, 6.45) is 3.35. The van der Waals surface area contributed by atoms with Crippen LogP contribution in [0.2, 0.25) is 5.02 Å². The van der Waals surface area contributed by atoms with Gasteiger partial charge in [-0.3, -0.25) is 9.59 Å². The van der Waals surface area contributed by atoms with E-state index in [0.717, 1.165) is 18.4 Å². The van der Waals surface area contributed by atoms with Gasteiger partial charge in [-0.15, -0.1) is 0 Å². The molecule has 3 rings (SSSR count). The zero-order valence-corrected chi connectivity index (χ0v) is 19.7. The average molecular weight is 465 g/mol. The molecule has 1 aromatic rings. The van der Waals surface area contributed by atoms with Crippen LogP contribution >= 0.6 is 11.6 Å². The van der Waals surface area contributed by atoms with Crippen molar-refractivity contribution in [1.29, 1.82) is 0 Å². The van der Waals surface area contributed by atoms with Crippen molar-refractivity contribution in [2.45, 2.75) is 75.9 Å². The van der Waals surface area contributed by atoms with Crippen molar-refractivity contribution in [2.75, 3.05) is 6.54 Å². The van der Waals surface area contributed by atoms with E-state index < -0.39 is 40.8 Å². The first-order valence-electron chi connectivity index (χ1n) is 11.2. The SMILES string of the molecule is CC(C)(C)OC(=O)C(N)(C(=O)NCC1(c2ccc(Cl)cc2)CC1)C1CCC(C(=O)O)CC1. The maximum absolute atomic E-state index is 13.4. The third-order valence-electron chi connectivity index (χ3n) is 6.73. The minimum atomic E-state index is -1.87. The number of rotatable bonds is 7. The van der Waals surface area contributed by atoms with E-state index in [1.807, 2.05) is 24.3 Å². The standard InChI is InChI=1S/C24H33ClN2O5/c1-22(2,3)32-21(31)24(26,17-6-4-15(5-7-17)19(28)29)20(30)27-14-23(12-13-23)16-8-10-18(25)11-9-16/h8-11,15,17H,4-7,12-14,26H2,1-3H3,(H,27,30)(H,28,29). The molecule has 2 aliphatic carbocycles. The highest BCUT2D eigenvalue weighted by molar-refractivity contribution is 6.30. The van der Waals surface area contributed by atoms with Gasteiger partial charge in [-0.25, -0.2) is 4.79 Å². The predicted molar refractivity (Wildman–Crippen MR) is 121 cm³/mol. The van der Waals surface area contributed by atoms with Gasteiger partial charge in [0.05, 0.1) is 5.92 Å². The van der Waals surface area contributed by atoms with Gasteiger partial charge in [0, 0.05) is 17.0 Å². The summed E-state index contributed by atoms with van der Waals surface area (Å²) in [5.74, 6) is -3.15. The molecule has 1 amide bonds. The molecule has 1 unspecified atom stereocenters. The molecule has 0 bridgehead atoms. The van der Waals surface area contributed by atoms with Crippen LogP contribution in [0.15, 0.2) is 24.3 Å². The summed E-state index contributed by atoms with van der Waals surface area (Å²) in [5, 5.41) is 12.9. The molecular weight excluding hydrogens is 432 g/mol. The Hall–Kier alpha value is -2.12. The number of ether oxygens (including phenoxy) is 1. The van der Waals surface area contributed by atoms with E-state index in [1.165, 1.54) is 0 Å². The summed E-state index contributed by atoms with van der Waals surface area (Å²) < 4.78 is 5.54. The Labute approximate surface area is 194 Å². The molecule has 1 aromatic carbocycles. The van der Waals surface area contributed by atoms with Gasteiger partial charge in [-0.2, -0.15) is 0 Å². The molecule has 2 aliphatic rings. The number of carboxylic acid groups (broad SMARTS) is 1. The number of carbonyl (C=O) groups is 3. The van der Waals surface area contributed by atoms with Gasteiger partial charge in [0.1, 0.15) is 5.60 Å². The zero-order valence-electron chi connectivity index (χ0n) is 18.9. The lowest BCUT2D eigenvalue weighted by Crippen LogP contribution is -2.66. The van der Waals surface area contributed by atoms with Crippen molar-refractivity contribution in [1.82, 2.24) is 5.32 Å². The minimum Gasteiger partial charge on any atom is -0.481 e. The second-order valence-electron chi connectivity index (χ2n) is 10.2. The molecule has 4 N–H and O–H groups in total. The molecule has 2 saturated carbocycles. The lowest BCUT2D eigenvalue weighted by Gasteiger charge is -2.39. The van der Waals surface area contributed by atoms with Gasteiger partial charge in [0.25, 0.3) is 5.91 Å². The van der Waals surface area contributed by atoms with E-state index in [9.17, 15) is 19.5 Å². The highest BCUT2D eigenvalue weighted by atomic mass is 35.5. The van der Waals surface area contributed by atoms with Gasteiger partial charge in [0.2, 0.25) is 0 Å². The molecule has 0 aliphatic heterocycles. The summed E-state index contributed by atoms with van der Waals surface area (Å²) in [5.41, 5.74) is 4.78. The molecule has 2 fully saturated rings. The van der Waals surface area contributed by atoms with E-state index in [0.29, 0.717) is 37.3 Å². The zero-order chi connectivity index (χ0) is 23.7. The number of amides is 1. The van der Waals surface area contributed by atoms with Crippen LogP contribution in [0, 0.1) is 11.8 Å². The Morgan fingerprint density at radius 2 is 1.69 bits per heavy atom. The Balaban J connectivity index is 1.77. The van der Waals surface area contributed by atoms with Crippen LogP contribution in [0.3, 0.4) is 0 Å². The number of hydrogen-bond donors (Lipinski definition) is 3. The third kappa shape index (κ3) is 5.26. The topological polar surface area (TPSA) is 119 Å². The monoisotopic (exact) mass is 464 g/mol. The van der Waals surface area contributed by atoms with Crippen molar-refractivity contribution in [3.05, 3.63) is 34.9 Å². The fourth-order valence-electron chi connectivity index (χ4n) is 4.52. The molecule has 0 spiro atoms. The fourth-order valence-corrected chi connectivity index (χ4v) is 4.65. The van der Waals surface area contributed by atoms with Gasteiger partial charge < -0.3 is 20.9 Å². The average Bonchev–Trinajstić information content (AvgIpc) is 3.51. The second-order valence-corrected chi connectivity index (χ2v) is 10.7. The number of carboxylic acids is 1. The lowest BCUT2D eigenvalue weighted by atomic mass is 9.71. The Morgan fingerprint density at radius 3 is 2.16 bits per heavy atom. The molecule has 32 heavy (non-hydrogen) atoms. The summed E-state index contributed by atoms with van der Waals surface area (Å²) >= 11 is 6.00. The first-order valence-corrected chi connectivity index (χ1v) is 11.5. The maximum Gasteiger partial charge on any atom is 0.336 e. The van der Waals surface area contributed by atoms with Gasteiger partial charge in [-0.1, -0.05) is 23.7 Å². The van der Waals surface area contributed by atoms with Crippen molar-refractivity contribution < 1.29 is 24.2 Å². The van der Waals surface area contributed by atoms with Crippen LogP contribution in [-0.4, -0.2) is 40.6 Å². The van der Waals surface area contributed by atoms with Gasteiger partial charge >= 0.3 is 11.9 Å². The summed E-state index contributed by atoms with van der Waals surface area (Å²) in [4.78, 5) is 37.9. The van der Waals surface area contributed by atoms with Crippen LogP contribution in [0.4, 0.5) is 0 Å². The smallest absolute Gasteiger partial charge is 0.336 e. The number of esters is 1. The minimum absolute atomic E-state index is 0.184. The van der Waals surface area contributed by atoms with Crippen LogP contribution in [0.1, 0.15) is 64.9 Å². The molecule has 0 saturated heterocycles. The number of hydrogen-bond acceptors (Lipinski definition) is 5. The van der Waals surface area contributed by atoms with Crippen molar-refractivity contribution in [3.63, 3.8) is 0 Å². The molecule has 0 radical (unpaired) electrons. The maximum atomic E-state index is 13.4. The molecule has 0 heterocycles. The largest absolute Gasteiger partial charge is 0.481 e. The summed E-state index contributed by atoms with van der Waals surface area (Å²) in [6, 6.07) is 7.57. The first-order chi connectivity index (χ1) is 14.9. The number of nitrogens with two attached hydrogens (primary N) is 1. The van der Waals surface area contributed by atoms with Gasteiger partial charge in [0.15, 0.2) is 5.54 Å². The Bertz CT molecular complexity index is 867. The highest BCUT2D eigenvalue weighted by Crippen LogP contribution is 2.48. The summed E-state index contributed by atoms with van der Waals surface area (Å²) in [7, 11) is 0. The van der Waals surface area contributed by atoms with Crippen molar-refractivity contribution in [2.24, 2.45) is 17.6 Å². The number of aliphatic carboxylic acids is 1. The fraction of sp³-hybridized carbons (Fsp3) is 0.625. The van der Waals surface area contributed by atoms with E-state index in [2.05, 4.69) is 5.32 Å². The Morgan fingerprint density at radius 1 is 1.12 bits per heavy atom. The molecule has 176 valence electrons. The quantitative estimate of drug-likeness (QED) is 0.420. The predicted octanol–water partition coefficient (Wildman–Crippen LogP) is 3.42. The second kappa shape index (κ2) is 9.02. The molecule has 8 heteroatoms. The number of nitrogens with one attached hydrogen (secondary N) is 1. The van der Waals surface area contributed by atoms with E-state index in [1.54, 1.807) is 20.8 Å². The van der Waals surface area contributed by atoms with Crippen LogP contribution in [0.25, 0.3) is 0 Å². The van der Waals surface area contributed by atoms with Crippen molar-refractivity contribution in [3.8, 4) is 0 Å². The van der Waals surface area contributed by atoms with Gasteiger partial charge in [-0.05, 0) is 82.9 Å².